The molecular weight excluding hydrogens is 264 g/mol. The Labute approximate surface area is 122 Å². The summed E-state index contributed by atoms with van der Waals surface area (Å²) in [6.07, 6.45) is 5.61. The number of hydrogen-bond acceptors (Lipinski definition) is 2. The number of nitrogens with zero attached hydrogens (tertiary/aromatic N) is 3. The van der Waals surface area contributed by atoms with Gasteiger partial charge >= 0.3 is 0 Å². The number of aromatic nitrogens is 1. The van der Waals surface area contributed by atoms with Crippen LogP contribution in [-0.2, 0) is 0 Å². The van der Waals surface area contributed by atoms with Crippen molar-refractivity contribution in [3.63, 3.8) is 0 Å². The van der Waals surface area contributed by atoms with E-state index in [2.05, 4.69) is 15.0 Å². The van der Waals surface area contributed by atoms with Gasteiger partial charge in [-0.25, -0.2) is 4.99 Å². The third-order valence-electron chi connectivity index (χ3n) is 2.49. The van der Waals surface area contributed by atoms with E-state index in [0.717, 1.165) is 11.3 Å². The Morgan fingerprint density at radius 1 is 1.00 bits per heavy atom. The van der Waals surface area contributed by atoms with Crippen LogP contribution in [0, 0.1) is 0 Å². The zero-order valence-electron chi connectivity index (χ0n) is 11.3. The molecule has 0 spiro atoms. The molecule has 0 fully saturated rings. The van der Waals surface area contributed by atoms with Gasteiger partial charge in [0.15, 0.2) is 5.96 Å². The molecule has 2 rings (SSSR count). The maximum Gasteiger partial charge on any atom is 0.223 e. The van der Waals surface area contributed by atoms with Gasteiger partial charge in [-0.2, -0.15) is 4.99 Å². The molecule has 0 saturated heterocycles. The molecule has 0 unspecified atom stereocenters. The van der Waals surface area contributed by atoms with Gasteiger partial charge in [-0.1, -0.05) is 24.3 Å². The highest BCUT2D eigenvalue weighted by Gasteiger charge is 1.94. The van der Waals surface area contributed by atoms with E-state index in [1.165, 1.54) is 0 Å². The first-order valence-electron chi connectivity index (χ1n) is 6.26. The van der Waals surface area contributed by atoms with Crippen LogP contribution in [0.3, 0.4) is 0 Å². The SMILES string of the molecule is NC(N)=NC(N)=Nc1cccc(C=Cc2ccccn2)c1. The van der Waals surface area contributed by atoms with Crippen molar-refractivity contribution in [1.82, 2.24) is 4.98 Å². The quantitative estimate of drug-likeness (QED) is 0.583. The minimum Gasteiger partial charge on any atom is -0.370 e. The second kappa shape index (κ2) is 6.85. The molecule has 1 aromatic carbocycles. The molecule has 106 valence electrons. The van der Waals surface area contributed by atoms with Gasteiger partial charge in [0.2, 0.25) is 5.96 Å². The summed E-state index contributed by atoms with van der Waals surface area (Å²) in [5.74, 6) is -0.108. The first-order chi connectivity index (χ1) is 10.1. The molecule has 6 N–H and O–H groups in total. The molecule has 0 bridgehead atoms. The number of nitrogens with two attached hydrogens (primary N) is 3. The van der Waals surface area contributed by atoms with Crippen LogP contribution in [0.4, 0.5) is 5.69 Å². The zero-order valence-corrected chi connectivity index (χ0v) is 11.3. The van der Waals surface area contributed by atoms with Crippen molar-refractivity contribution in [2.75, 3.05) is 0 Å². The molecule has 0 aliphatic heterocycles. The number of benzene rings is 1. The van der Waals surface area contributed by atoms with Crippen LogP contribution >= 0.6 is 0 Å². The van der Waals surface area contributed by atoms with Gasteiger partial charge in [0.05, 0.1) is 11.4 Å². The smallest absolute Gasteiger partial charge is 0.223 e. The van der Waals surface area contributed by atoms with Gasteiger partial charge in [0, 0.05) is 6.20 Å². The molecule has 6 nitrogen and oxygen atoms in total. The summed E-state index contributed by atoms with van der Waals surface area (Å²) in [4.78, 5) is 12.0. The molecule has 6 heteroatoms. The van der Waals surface area contributed by atoms with Crippen molar-refractivity contribution in [2.24, 2.45) is 27.2 Å². The summed E-state index contributed by atoms with van der Waals surface area (Å²) in [7, 11) is 0. The maximum absolute atomic E-state index is 5.60. The average molecular weight is 280 g/mol. The average Bonchev–Trinajstić information content (AvgIpc) is 2.46. The Morgan fingerprint density at radius 3 is 2.57 bits per heavy atom. The molecule has 0 aliphatic carbocycles. The fourth-order valence-corrected chi connectivity index (χ4v) is 1.64. The van der Waals surface area contributed by atoms with Crippen molar-refractivity contribution in [2.45, 2.75) is 0 Å². The Hall–Kier alpha value is -3.15. The van der Waals surface area contributed by atoms with Crippen molar-refractivity contribution >= 4 is 29.8 Å². The van der Waals surface area contributed by atoms with Crippen LogP contribution in [0.15, 0.2) is 58.6 Å². The zero-order chi connectivity index (χ0) is 15.1. The van der Waals surface area contributed by atoms with Gasteiger partial charge in [-0.05, 0) is 35.9 Å². The lowest BCUT2D eigenvalue weighted by molar-refractivity contribution is 1.30. The standard InChI is InChI=1S/C15H16N6/c16-14(17)21-15(18)20-13-6-3-4-11(10-13)7-8-12-5-1-2-9-19-12/h1-10H,(H6,16,17,18,20,21). The largest absolute Gasteiger partial charge is 0.370 e. The van der Waals surface area contributed by atoms with Crippen LogP contribution in [0.2, 0.25) is 0 Å². The summed E-state index contributed by atoms with van der Waals surface area (Å²) in [5, 5.41) is 0. The first kappa shape index (κ1) is 14.3. The Kier molecular flexibility index (Phi) is 4.66. The van der Waals surface area contributed by atoms with Crippen molar-refractivity contribution in [3.8, 4) is 0 Å². The van der Waals surface area contributed by atoms with Crippen molar-refractivity contribution in [3.05, 3.63) is 59.9 Å². The number of guanidine groups is 2. The predicted octanol–water partition coefficient (Wildman–Crippen LogP) is 1.47. The van der Waals surface area contributed by atoms with E-state index in [9.17, 15) is 0 Å². The highest BCUT2D eigenvalue weighted by atomic mass is 15.1. The molecule has 0 aliphatic rings. The summed E-state index contributed by atoms with van der Waals surface area (Å²) >= 11 is 0. The van der Waals surface area contributed by atoms with Crippen LogP contribution in [-0.4, -0.2) is 16.9 Å². The lowest BCUT2D eigenvalue weighted by Crippen LogP contribution is -2.26. The second-order valence-corrected chi connectivity index (χ2v) is 4.19. The number of hydrogen-bond donors (Lipinski definition) is 3. The predicted molar refractivity (Wildman–Crippen MR) is 86.7 cm³/mol. The van der Waals surface area contributed by atoms with Crippen LogP contribution < -0.4 is 17.2 Å². The van der Waals surface area contributed by atoms with E-state index >= 15 is 0 Å². The van der Waals surface area contributed by atoms with Crippen molar-refractivity contribution < 1.29 is 0 Å². The topological polar surface area (TPSA) is 116 Å². The Balaban J connectivity index is 2.18. The van der Waals surface area contributed by atoms with Gasteiger partial charge in [0.1, 0.15) is 0 Å². The molecule has 0 radical (unpaired) electrons. The minimum atomic E-state index is -0.123. The lowest BCUT2D eigenvalue weighted by Gasteiger charge is -1.98. The minimum absolute atomic E-state index is 0.0147. The molecule has 0 amide bonds. The fourth-order valence-electron chi connectivity index (χ4n) is 1.64. The number of pyridine rings is 1. The first-order valence-corrected chi connectivity index (χ1v) is 6.26. The van der Waals surface area contributed by atoms with E-state index in [0.29, 0.717) is 5.69 Å². The molecular formula is C15H16N6. The van der Waals surface area contributed by atoms with Gasteiger partial charge in [-0.15, -0.1) is 0 Å². The summed E-state index contributed by atoms with van der Waals surface area (Å²) in [6.45, 7) is 0. The summed E-state index contributed by atoms with van der Waals surface area (Å²) < 4.78 is 0. The molecule has 1 aromatic heterocycles. The molecule has 1 heterocycles. The summed E-state index contributed by atoms with van der Waals surface area (Å²) in [6, 6.07) is 13.2. The number of aliphatic imine (C=N–C) groups is 2. The van der Waals surface area contributed by atoms with E-state index in [4.69, 9.17) is 17.2 Å². The summed E-state index contributed by atoms with van der Waals surface area (Å²) in [5.41, 5.74) is 18.6. The maximum atomic E-state index is 5.60. The molecule has 0 saturated carbocycles. The van der Waals surface area contributed by atoms with Crippen LogP contribution in [0.25, 0.3) is 12.2 Å². The fraction of sp³-hybridized carbons (Fsp3) is 0. The van der Waals surface area contributed by atoms with E-state index in [-0.39, 0.29) is 11.9 Å². The van der Waals surface area contributed by atoms with Crippen LogP contribution in [0.1, 0.15) is 11.3 Å². The molecule has 0 atom stereocenters. The van der Waals surface area contributed by atoms with Gasteiger partial charge in [-0.3, -0.25) is 4.98 Å². The number of rotatable bonds is 3. The highest BCUT2D eigenvalue weighted by molar-refractivity contribution is 5.93. The van der Waals surface area contributed by atoms with E-state index in [1.54, 1.807) is 6.20 Å². The Morgan fingerprint density at radius 2 is 1.86 bits per heavy atom. The third kappa shape index (κ3) is 4.79. The highest BCUT2D eigenvalue weighted by Crippen LogP contribution is 2.16. The molecule has 2 aromatic rings. The molecule has 21 heavy (non-hydrogen) atoms. The normalized spacial score (nSPS) is 11.5. The lowest BCUT2D eigenvalue weighted by atomic mass is 10.2. The Bertz CT molecular complexity index is 684. The van der Waals surface area contributed by atoms with Crippen LogP contribution in [0.5, 0.6) is 0 Å². The van der Waals surface area contributed by atoms with Gasteiger partial charge in [0.25, 0.3) is 0 Å². The van der Waals surface area contributed by atoms with E-state index < -0.39 is 0 Å². The third-order valence-corrected chi connectivity index (χ3v) is 2.49. The second-order valence-electron chi connectivity index (χ2n) is 4.19. The van der Waals surface area contributed by atoms with Gasteiger partial charge < -0.3 is 17.2 Å². The van der Waals surface area contributed by atoms with Crippen molar-refractivity contribution in [1.29, 1.82) is 0 Å². The van der Waals surface area contributed by atoms with E-state index in [1.807, 2.05) is 54.6 Å². The monoisotopic (exact) mass is 280 g/mol.